The second-order valence-corrected chi connectivity index (χ2v) is 6.94. The molecule has 2 amide bonds. The highest BCUT2D eigenvalue weighted by Gasteiger charge is 2.25. The summed E-state index contributed by atoms with van der Waals surface area (Å²) in [5.41, 5.74) is -0.221. The molecule has 0 unspecified atom stereocenters. The lowest BCUT2D eigenvalue weighted by molar-refractivity contribution is -0.384. The number of nitro groups is 1. The number of nitro benzene ring substituents is 1. The predicted molar refractivity (Wildman–Crippen MR) is 99.6 cm³/mol. The molecule has 1 rings (SSSR count). The number of hydrogen-bond donors (Lipinski definition) is 2. The van der Waals surface area contributed by atoms with Crippen LogP contribution in [-0.4, -0.2) is 48.2 Å². The molecule has 0 spiro atoms. The summed E-state index contributed by atoms with van der Waals surface area (Å²) >= 11 is 0. The Balaban J connectivity index is 2.83. The maximum atomic E-state index is 12.5. The number of carbonyl (C=O) groups excluding carboxylic acids is 3. The zero-order valence-corrected chi connectivity index (χ0v) is 16.3. The van der Waals surface area contributed by atoms with Crippen LogP contribution < -0.4 is 10.6 Å². The fourth-order valence-corrected chi connectivity index (χ4v) is 2.16. The number of amides is 2. The van der Waals surface area contributed by atoms with Crippen molar-refractivity contribution in [3.05, 3.63) is 39.9 Å². The summed E-state index contributed by atoms with van der Waals surface area (Å²) in [6, 6.07) is 4.64. The molecular weight excluding hydrogens is 370 g/mol. The minimum absolute atomic E-state index is 0.0150. The van der Waals surface area contributed by atoms with Crippen molar-refractivity contribution in [3.63, 3.8) is 0 Å². The van der Waals surface area contributed by atoms with Crippen LogP contribution in [0.15, 0.2) is 24.3 Å². The molecule has 0 saturated carbocycles. The Kier molecular flexibility index (Phi) is 8.36. The fraction of sp³-hybridized carbons (Fsp3) is 0.500. The van der Waals surface area contributed by atoms with E-state index in [-0.39, 0.29) is 25.1 Å². The molecule has 0 fully saturated rings. The number of benzene rings is 1. The van der Waals surface area contributed by atoms with Gasteiger partial charge in [0.2, 0.25) is 5.91 Å². The van der Waals surface area contributed by atoms with Gasteiger partial charge in [0.15, 0.2) is 0 Å². The van der Waals surface area contributed by atoms with Crippen LogP contribution in [0.5, 0.6) is 0 Å². The summed E-state index contributed by atoms with van der Waals surface area (Å²) in [5.74, 6) is -1.000. The predicted octanol–water partition coefficient (Wildman–Crippen LogP) is 1.71. The van der Waals surface area contributed by atoms with E-state index in [9.17, 15) is 24.5 Å². The minimum Gasteiger partial charge on any atom is -0.469 e. The first-order valence-corrected chi connectivity index (χ1v) is 8.59. The monoisotopic (exact) mass is 395 g/mol. The normalized spacial score (nSPS) is 11.9. The fourth-order valence-electron chi connectivity index (χ4n) is 2.16. The minimum atomic E-state index is -0.992. The summed E-state index contributed by atoms with van der Waals surface area (Å²) in [4.78, 5) is 45.9. The van der Waals surface area contributed by atoms with Gasteiger partial charge in [-0.05, 0) is 26.3 Å². The molecule has 1 aromatic carbocycles. The van der Waals surface area contributed by atoms with Gasteiger partial charge in [0.25, 0.3) is 5.69 Å². The average molecular weight is 395 g/mol. The van der Waals surface area contributed by atoms with Crippen molar-refractivity contribution < 1.29 is 28.8 Å². The number of nitrogens with zero attached hydrogens (tertiary/aromatic N) is 1. The van der Waals surface area contributed by atoms with E-state index >= 15 is 0 Å². The van der Waals surface area contributed by atoms with Crippen molar-refractivity contribution in [2.75, 3.05) is 13.7 Å². The van der Waals surface area contributed by atoms with Gasteiger partial charge in [-0.2, -0.15) is 0 Å². The van der Waals surface area contributed by atoms with Gasteiger partial charge in [-0.1, -0.05) is 12.1 Å². The number of esters is 1. The Morgan fingerprint density at radius 3 is 2.29 bits per heavy atom. The summed E-state index contributed by atoms with van der Waals surface area (Å²) in [7, 11) is 1.24. The van der Waals surface area contributed by atoms with E-state index in [2.05, 4.69) is 15.4 Å². The molecule has 2 N–H and O–H groups in total. The summed E-state index contributed by atoms with van der Waals surface area (Å²) in [6.07, 6.45) is -0.706. The zero-order chi connectivity index (χ0) is 21.3. The number of methoxy groups -OCH3 is 1. The number of hydrogen-bond acceptors (Lipinski definition) is 7. The third kappa shape index (κ3) is 8.47. The molecule has 10 nitrogen and oxygen atoms in total. The second-order valence-electron chi connectivity index (χ2n) is 6.94. The maximum Gasteiger partial charge on any atom is 0.408 e. The summed E-state index contributed by atoms with van der Waals surface area (Å²) < 4.78 is 9.68. The van der Waals surface area contributed by atoms with E-state index in [1.807, 2.05) is 0 Å². The third-order valence-corrected chi connectivity index (χ3v) is 3.45. The van der Waals surface area contributed by atoms with Gasteiger partial charge in [0.1, 0.15) is 11.6 Å². The molecule has 0 aromatic heterocycles. The SMILES string of the molecule is COC(=O)CCNC(=O)[C@H](Cc1ccc([N+](=O)[O-])cc1)NC(=O)OC(C)(C)C. The van der Waals surface area contributed by atoms with E-state index in [0.29, 0.717) is 5.56 Å². The highest BCUT2D eigenvalue weighted by Crippen LogP contribution is 2.14. The van der Waals surface area contributed by atoms with Gasteiger partial charge in [0.05, 0.1) is 18.5 Å². The van der Waals surface area contributed by atoms with E-state index in [1.54, 1.807) is 20.8 Å². The Labute approximate surface area is 162 Å². The van der Waals surface area contributed by atoms with Crippen molar-refractivity contribution in [2.24, 2.45) is 0 Å². The molecule has 0 saturated heterocycles. The van der Waals surface area contributed by atoms with Gasteiger partial charge in [-0.25, -0.2) is 4.79 Å². The summed E-state index contributed by atoms with van der Waals surface area (Å²) in [6.45, 7) is 5.11. The van der Waals surface area contributed by atoms with Crippen LogP contribution in [0.25, 0.3) is 0 Å². The number of carbonyl (C=O) groups is 3. The number of ether oxygens (including phenoxy) is 2. The van der Waals surface area contributed by atoms with Crippen molar-refractivity contribution >= 4 is 23.7 Å². The van der Waals surface area contributed by atoms with E-state index in [0.717, 1.165) is 0 Å². The molecule has 0 bridgehead atoms. The lowest BCUT2D eigenvalue weighted by Crippen LogP contribution is -2.49. The second kappa shape index (κ2) is 10.2. The Morgan fingerprint density at radius 2 is 1.79 bits per heavy atom. The van der Waals surface area contributed by atoms with Crippen molar-refractivity contribution in [1.29, 1.82) is 0 Å². The first-order chi connectivity index (χ1) is 13.0. The molecule has 0 aliphatic heterocycles. The first-order valence-electron chi connectivity index (χ1n) is 8.59. The lowest BCUT2D eigenvalue weighted by Gasteiger charge is -2.23. The lowest BCUT2D eigenvalue weighted by atomic mass is 10.0. The molecule has 0 radical (unpaired) electrons. The highest BCUT2D eigenvalue weighted by molar-refractivity contribution is 5.86. The standard InChI is InChI=1S/C18H25N3O7/c1-18(2,3)28-17(24)20-14(16(23)19-10-9-15(22)27-4)11-12-5-7-13(8-6-12)21(25)26/h5-8,14H,9-11H2,1-4H3,(H,19,23)(H,20,24)/t14-/m0/s1. The first kappa shape index (κ1) is 22.9. The van der Waals surface area contributed by atoms with Crippen molar-refractivity contribution in [3.8, 4) is 0 Å². The largest absolute Gasteiger partial charge is 0.469 e. The van der Waals surface area contributed by atoms with Crippen molar-refractivity contribution in [2.45, 2.75) is 45.3 Å². The van der Waals surface area contributed by atoms with E-state index < -0.39 is 34.5 Å². The van der Waals surface area contributed by atoms with Crippen LogP contribution in [0.4, 0.5) is 10.5 Å². The molecule has 1 aromatic rings. The number of alkyl carbamates (subject to hydrolysis) is 1. The molecule has 0 aliphatic carbocycles. The average Bonchev–Trinajstić information content (AvgIpc) is 2.59. The Bertz CT molecular complexity index is 711. The molecule has 0 heterocycles. The maximum absolute atomic E-state index is 12.5. The van der Waals surface area contributed by atoms with Gasteiger partial charge in [-0.15, -0.1) is 0 Å². The van der Waals surface area contributed by atoms with Crippen molar-refractivity contribution in [1.82, 2.24) is 10.6 Å². The number of nitrogens with one attached hydrogen (secondary N) is 2. The quantitative estimate of drug-likeness (QED) is 0.388. The molecule has 10 heteroatoms. The van der Waals surface area contributed by atoms with Crippen LogP contribution >= 0.6 is 0 Å². The van der Waals surface area contributed by atoms with Gasteiger partial charge >= 0.3 is 12.1 Å². The highest BCUT2D eigenvalue weighted by atomic mass is 16.6. The summed E-state index contributed by atoms with van der Waals surface area (Å²) in [5, 5.41) is 15.8. The van der Waals surface area contributed by atoms with Crippen LogP contribution in [0.1, 0.15) is 32.8 Å². The zero-order valence-electron chi connectivity index (χ0n) is 16.3. The van der Waals surface area contributed by atoms with Crippen LogP contribution in [-0.2, 0) is 25.5 Å². The topological polar surface area (TPSA) is 137 Å². The molecule has 1 atom stereocenters. The number of rotatable bonds is 8. The van der Waals surface area contributed by atoms with E-state index in [1.165, 1.54) is 31.4 Å². The molecule has 28 heavy (non-hydrogen) atoms. The molecule has 154 valence electrons. The van der Waals surface area contributed by atoms with E-state index in [4.69, 9.17) is 4.74 Å². The van der Waals surface area contributed by atoms with Gasteiger partial charge in [-0.3, -0.25) is 19.7 Å². The Hall–Kier alpha value is -3.17. The van der Waals surface area contributed by atoms with Crippen LogP contribution in [0.2, 0.25) is 0 Å². The smallest absolute Gasteiger partial charge is 0.408 e. The number of non-ortho nitro benzene ring substituents is 1. The van der Waals surface area contributed by atoms with Crippen LogP contribution in [0, 0.1) is 10.1 Å². The van der Waals surface area contributed by atoms with Gasteiger partial charge in [0, 0.05) is 25.1 Å². The van der Waals surface area contributed by atoms with Crippen LogP contribution in [0.3, 0.4) is 0 Å². The molecular formula is C18H25N3O7. The third-order valence-electron chi connectivity index (χ3n) is 3.45. The molecule has 0 aliphatic rings. The van der Waals surface area contributed by atoms with Gasteiger partial charge < -0.3 is 20.1 Å². The Morgan fingerprint density at radius 1 is 1.18 bits per heavy atom.